The molecule has 0 aliphatic heterocycles. The SMILES string of the molecule is NC(CO)c1ccc2nncn2c1. The molecule has 0 radical (unpaired) electrons. The number of pyridine rings is 1. The summed E-state index contributed by atoms with van der Waals surface area (Å²) < 4.78 is 1.77. The monoisotopic (exact) mass is 178 g/mol. The first-order valence-electron chi connectivity index (χ1n) is 3.97. The van der Waals surface area contributed by atoms with Crippen molar-refractivity contribution in [2.24, 2.45) is 5.73 Å². The largest absolute Gasteiger partial charge is 0.394 e. The van der Waals surface area contributed by atoms with Crippen molar-refractivity contribution in [1.82, 2.24) is 14.6 Å². The molecule has 2 aromatic heterocycles. The Morgan fingerprint density at radius 1 is 1.54 bits per heavy atom. The van der Waals surface area contributed by atoms with E-state index in [1.54, 1.807) is 10.7 Å². The van der Waals surface area contributed by atoms with Crippen LogP contribution in [0.1, 0.15) is 11.6 Å². The second-order valence-corrected chi connectivity index (χ2v) is 2.85. The first-order valence-corrected chi connectivity index (χ1v) is 3.97. The number of hydrogen-bond acceptors (Lipinski definition) is 4. The van der Waals surface area contributed by atoms with Crippen LogP contribution in [0.4, 0.5) is 0 Å². The molecule has 1 atom stereocenters. The molecule has 5 nitrogen and oxygen atoms in total. The lowest BCUT2D eigenvalue weighted by molar-refractivity contribution is 0.268. The Kier molecular flexibility index (Phi) is 1.96. The minimum atomic E-state index is -0.341. The highest BCUT2D eigenvalue weighted by atomic mass is 16.3. The standard InChI is InChI=1S/C8H10N4O/c9-7(4-13)6-1-2-8-11-10-5-12(8)3-6/h1-3,5,7,13H,4,9H2. The van der Waals surface area contributed by atoms with Crippen LogP contribution in [-0.2, 0) is 0 Å². The second-order valence-electron chi connectivity index (χ2n) is 2.85. The molecule has 68 valence electrons. The van der Waals surface area contributed by atoms with Crippen LogP contribution in [0.3, 0.4) is 0 Å². The topological polar surface area (TPSA) is 76.4 Å². The molecule has 0 amide bonds. The van der Waals surface area contributed by atoms with Crippen LogP contribution in [0.25, 0.3) is 5.65 Å². The summed E-state index contributed by atoms with van der Waals surface area (Å²) >= 11 is 0. The van der Waals surface area contributed by atoms with Gasteiger partial charge in [0.15, 0.2) is 5.65 Å². The van der Waals surface area contributed by atoms with E-state index >= 15 is 0 Å². The van der Waals surface area contributed by atoms with Gasteiger partial charge in [-0.2, -0.15) is 0 Å². The first-order chi connectivity index (χ1) is 6.31. The quantitative estimate of drug-likeness (QED) is 0.663. The van der Waals surface area contributed by atoms with E-state index in [2.05, 4.69) is 10.2 Å². The third-order valence-corrected chi connectivity index (χ3v) is 1.94. The zero-order chi connectivity index (χ0) is 9.26. The predicted octanol–water partition coefficient (Wildman–Crippen LogP) is -0.279. The first kappa shape index (κ1) is 8.15. The molecule has 2 rings (SSSR count). The summed E-state index contributed by atoms with van der Waals surface area (Å²) in [5, 5.41) is 16.4. The Bertz CT molecular complexity index is 411. The van der Waals surface area contributed by atoms with Gasteiger partial charge in [-0.3, -0.25) is 4.40 Å². The highest BCUT2D eigenvalue weighted by molar-refractivity contribution is 5.38. The molecule has 0 fully saturated rings. The van der Waals surface area contributed by atoms with E-state index in [1.165, 1.54) is 0 Å². The van der Waals surface area contributed by atoms with Crippen molar-refractivity contribution in [2.75, 3.05) is 6.61 Å². The van der Waals surface area contributed by atoms with E-state index < -0.39 is 0 Å². The van der Waals surface area contributed by atoms with Crippen LogP contribution >= 0.6 is 0 Å². The minimum absolute atomic E-state index is 0.0619. The summed E-state index contributed by atoms with van der Waals surface area (Å²) in [6.07, 6.45) is 3.42. The van der Waals surface area contributed by atoms with E-state index in [9.17, 15) is 0 Å². The molecular formula is C8H10N4O. The maximum Gasteiger partial charge on any atom is 0.160 e. The van der Waals surface area contributed by atoms with Gasteiger partial charge in [0.25, 0.3) is 0 Å². The summed E-state index contributed by atoms with van der Waals surface area (Å²) in [7, 11) is 0. The number of nitrogens with zero attached hydrogens (tertiary/aromatic N) is 3. The van der Waals surface area contributed by atoms with Crippen LogP contribution < -0.4 is 5.73 Å². The van der Waals surface area contributed by atoms with Gasteiger partial charge in [0.2, 0.25) is 0 Å². The summed E-state index contributed by atoms with van der Waals surface area (Å²) in [5.74, 6) is 0. The van der Waals surface area contributed by atoms with Crippen molar-refractivity contribution in [3.63, 3.8) is 0 Å². The zero-order valence-electron chi connectivity index (χ0n) is 6.96. The second kappa shape index (κ2) is 3.12. The van der Waals surface area contributed by atoms with Gasteiger partial charge in [-0.15, -0.1) is 10.2 Å². The van der Waals surface area contributed by atoms with Crippen molar-refractivity contribution < 1.29 is 5.11 Å². The highest BCUT2D eigenvalue weighted by Crippen LogP contribution is 2.10. The molecule has 0 spiro atoms. The molecule has 3 N–H and O–H groups in total. The molecule has 0 aliphatic rings. The Morgan fingerprint density at radius 3 is 3.15 bits per heavy atom. The van der Waals surface area contributed by atoms with Gasteiger partial charge in [0.1, 0.15) is 6.33 Å². The normalized spacial score (nSPS) is 13.4. The van der Waals surface area contributed by atoms with E-state index in [1.807, 2.05) is 18.3 Å². The average Bonchev–Trinajstić information content (AvgIpc) is 2.63. The number of hydrogen-bond donors (Lipinski definition) is 2. The maximum atomic E-state index is 8.85. The number of aliphatic hydroxyl groups excluding tert-OH is 1. The molecule has 5 heteroatoms. The molecule has 2 heterocycles. The lowest BCUT2D eigenvalue weighted by atomic mass is 10.1. The van der Waals surface area contributed by atoms with Gasteiger partial charge in [-0.05, 0) is 11.6 Å². The van der Waals surface area contributed by atoms with Crippen molar-refractivity contribution in [3.8, 4) is 0 Å². The van der Waals surface area contributed by atoms with E-state index in [0.717, 1.165) is 11.2 Å². The van der Waals surface area contributed by atoms with Crippen LogP contribution in [0, 0.1) is 0 Å². The highest BCUT2D eigenvalue weighted by Gasteiger charge is 2.04. The number of aromatic nitrogens is 3. The zero-order valence-corrected chi connectivity index (χ0v) is 6.96. The van der Waals surface area contributed by atoms with E-state index in [4.69, 9.17) is 10.8 Å². The molecule has 0 saturated carbocycles. The van der Waals surface area contributed by atoms with Crippen LogP contribution in [-0.4, -0.2) is 26.3 Å². The smallest absolute Gasteiger partial charge is 0.160 e. The molecule has 13 heavy (non-hydrogen) atoms. The summed E-state index contributed by atoms with van der Waals surface area (Å²) in [6, 6.07) is 3.31. The third-order valence-electron chi connectivity index (χ3n) is 1.94. The molecule has 1 unspecified atom stereocenters. The summed E-state index contributed by atoms with van der Waals surface area (Å²) in [6.45, 7) is -0.0619. The van der Waals surface area contributed by atoms with Crippen LogP contribution in [0.15, 0.2) is 24.7 Å². The van der Waals surface area contributed by atoms with Crippen LogP contribution in [0.2, 0.25) is 0 Å². The lowest BCUT2D eigenvalue weighted by Gasteiger charge is -2.07. The Balaban J connectivity index is 2.48. The number of rotatable bonds is 2. The average molecular weight is 178 g/mol. The minimum Gasteiger partial charge on any atom is -0.394 e. The fourth-order valence-electron chi connectivity index (χ4n) is 1.17. The molecular weight excluding hydrogens is 168 g/mol. The summed E-state index contributed by atoms with van der Waals surface area (Å²) in [4.78, 5) is 0. The lowest BCUT2D eigenvalue weighted by Crippen LogP contribution is -2.14. The van der Waals surface area contributed by atoms with Gasteiger partial charge < -0.3 is 10.8 Å². The van der Waals surface area contributed by atoms with Crippen molar-refractivity contribution in [3.05, 3.63) is 30.2 Å². The Labute approximate surface area is 74.8 Å². The van der Waals surface area contributed by atoms with E-state index in [0.29, 0.717) is 0 Å². The molecule has 2 aromatic rings. The fraction of sp³-hybridized carbons (Fsp3) is 0.250. The van der Waals surface area contributed by atoms with Gasteiger partial charge in [0.05, 0.1) is 12.6 Å². The van der Waals surface area contributed by atoms with Crippen molar-refractivity contribution >= 4 is 5.65 Å². The Morgan fingerprint density at radius 2 is 2.38 bits per heavy atom. The van der Waals surface area contributed by atoms with Gasteiger partial charge >= 0.3 is 0 Å². The molecule has 0 saturated heterocycles. The summed E-state index contributed by atoms with van der Waals surface area (Å²) in [5.41, 5.74) is 7.29. The number of aliphatic hydroxyl groups is 1. The molecule has 0 aliphatic carbocycles. The van der Waals surface area contributed by atoms with Crippen molar-refractivity contribution in [1.29, 1.82) is 0 Å². The molecule has 0 bridgehead atoms. The number of nitrogens with two attached hydrogens (primary N) is 1. The third kappa shape index (κ3) is 1.39. The van der Waals surface area contributed by atoms with Crippen molar-refractivity contribution in [2.45, 2.75) is 6.04 Å². The number of fused-ring (bicyclic) bond motifs is 1. The van der Waals surface area contributed by atoms with Crippen LogP contribution in [0.5, 0.6) is 0 Å². The fourth-order valence-corrected chi connectivity index (χ4v) is 1.17. The van der Waals surface area contributed by atoms with Gasteiger partial charge in [-0.25, -0.2) is 0 Å². The van der Waals surface area contributed by atoms with E-state index in [-0.39, 0.29) is 12.6 Å². The van der Waals surface area contributed by atoms with Gasteiger partial charge in [-0.1, -0.05) is 6.07 Å². The predicted molar refractivity (Wildman–Crippen MR) is 47.0 cm³/mol. The molecule has 0 aromatic carbocycles. The maximum absolute atomic E-state index is 8.85. The van der Waals surface area contributed by atoms with Gasteiger partial charge in [0, 0.05) is 6.20 Å². The Hall–Kier alpha value is -1.46.